The van der Waals surface area contributed by atoms with E-state index in [2.05, 4.69) is 15.3 Å². The predicted molar refractivity (Wildman–Crippen MR) is 96.2 cm³/mol. The van der Waals surface area contributed by atoms with Gasteiger partial charge in [0.05, 0.1) is 23.5 Å². The molecule has 0 saturated carbocycles. The molecule has 1 aromatic carbocycles. The number of pyridine rings is 1. The second-order valence-corrected chi connectivity index (χ2v) is 6.38. The highest BCUT2D eigenvalue weighted by atomic mass is 16.4. The van der Waals surface area contributed by atoms with Gasteiger partial charge in [0.2, 0.25) is 0 Å². The Hall–Kier alpha value is -3.55. The number of carbonyl (C=O) groups excluding carboxylic acids is 1. The van der Waals surface area contributed by atoms with Crippen molar-refractivity contribution in [1.29, 1.82) is 0 Å². The number of benzene rings is 1. The van der Waals surface area contributed by atoms with E-state index in [9.17, 15) is 9.59 Å². The first kappa shape index (κ1) is 16.9. The Bertz CT molecular complexity index is 986. The van der Waals surface area contributed by atoms with Crippen LogP contribution in [0.1, 0.15) is 33.2 Å². The second kappa shape index (κ2) is 6.99. The molecule has 3 heterocycles. The van der Waals surface area contributed by atoms with E-state index < -0.39 is 5.97 Å². The molecule has 0 spiro atoms. The zero-order chi connectivity index (χ0) is 18.8. The molecule has 1 aliphatic rings. The van der Waals surface area contributed by atoms with Crippen LogP contribution in [0.4, 0.5) is 0 Å². The van der Waals surface area contributed by atoms with Crippen LogP contribution in [-0.2, 0) is 0 Å². The van der Waals surface area contributed by atoms with Gasteiger partial charge >= 0.3 is 5.97 Å². The van der Waals surface area contributed by atoms with Crippen LogP contribution in [0.3, 0.4) is 0 Å². The molecule has 2 aromatic heterocycles. The molecule has 0 radical (unpaired) electrons. The number of aromatic carboxylic acids is 1. The summed E-state index contributed by atoms with van der Waals surface area (Å²) in [5, 5.41) is 17.4. The molecule has 0 aliphatic carbocycles. The van der Waals surface area contributed by atoms with Gasteiger partial charge in [-0.2, -0.15) is 0 Å². The molecule has 1 aliphatic heterocycles. The smallest absolute Gasteiger partial charge is 0.335 e. The Labute approximate surface area is 155 Å². The fourth-order valence-electron chi connectivity index (χ4n) is 3.18. The number of likely N-dealkylation sites (tertiary alicyclic amines) is 1. The Morgan fingerprint density at radius 1 is 1.07 bits per heavy atom. The average Bonchev–Trinajstić information content (AvgIpc) is 3.38. The maximum absolute atomic E-state index is 12.6. The maximum Gasteiger partial charge on any atom is 0.335 e. The zero-order valence-corrected chi connectivity index (χ0v) is 14.4. The number of carbonyl (C=O) groups is 2. The van der Waals surface area contributed by atoms with Crippen molar-refractivity contribution in [2.75, 3.05) is 13.1 Å². The normalized spacial score (nSPS) is 16.4. The molecule has 8 nitrogen and oxygen atoms in total. The fourth-order valence-corrected chi connectivity index (χ4v) is 3.18. The quantitative estimate of drug-likeness (QED) is 0.762. The third kappa shape index (κ3) is 3.41. The highest BCUT2D eigenvalue weighted by Crippen LogP contribution is 2.24. The van der Waals surface area contributed by atoms with E-state index in [1.807, 2.05) is 35.2 Å². The van der Waals surface area contributed by atoms with Crippen molar-refractivity contribution in [3.8, 4) is 11.4 Å². The van der Waals surface area contributed by atoms with Crippen LogP contribution in [0.15, 0.2) is 54.9 Å². The van der Waals surface area contributed by atoms with Gasteiger partial charge < -0.3 is 10.0 Å². The van der Waals surface area contributed by atoms with E-state index in [1.165, 1.54) is 18.3 Å². The summed E-state index contributed by atoms with van der Waals surface area (Å²) in [7, 11) is 0. The van der Waals surface area contributed by atoms with E-state index in [-0.39, 0.29) is 17.5 Å². The number of carboxylic acid groups (broad SMARTS) is 1. The number of aromatic nitrogens is 4. The maximum atomic E-state index is 12.6. The van der Waals surface area contributed by atoms with E-state index in [0.717, 1.165) is 6.42 Å². The molecule has 1 unspecified atom stereocenters. The lowest BCUT2D eigenvalue weighted by molar-refractivity contribution is 0.0696. The molecule has 1 fully saturated rings. The average molecular weight is 363 g/mol. The van der Waals surface area contributed by atoms with Gasteiger partial charge in [0.25, 0.3) is 5.91 Å². The van der Waals surface area contributed by atoms with Crippen molar-refractivity contribution in [3.63, 3.8) is 0 Å². The first-order valence-corrected chi connectivity index (χ1v) is 8.57. The molecule has 136 valence electrons. The highest BCUT2D eigenvalue weighted by molar-refractivity contribution is 5.94. The van der Waals surface area contributed by atoms with Gasteiger partial charge in [-0.3, -0.25) is 9.78 Å². The van der Waals surface area contributed by atoms with Crippen LogP contribution in [0, 0.1) is 0 Å². The van der Waals surface area contributed by atoms with Gasteiger partial charge in [-0.15, -0.1) is 5.10 Å². The Morgan fingerprint density at radius 3 is 2.67 bits per heavy atom. The molecule has 1 amide bonds. The lowest BCUT2D eigenvalue weighted by atomic mass is 10.2. The van der Waals surface area contributed by atoms with Crippen molar-refractivity contribution < 1.29 is 14.7 Å². The number of nitrogens with zero attached hydrogens (tertiary/aromatic N) is 5. The SMILES string of the molecule is O=C(O)c1ccnc(-c2cn(C3CCN(C(=O)c4ccccc4)C3)nn2)c1. The largest absolute Gasteiger partial charge is 0.478 e. The van der Waals surface area contributed by atoms with Crippen LogP contribution in [0.25, 0.3) is 11.4 Å². The summed E-state index contributed by atoms with van der Waals surface area (Å²) < 4.78 is 1.72. The third-order valence-electron chi connectivity index (χ3n) is 4.63. The summed E-state index contributed by atoms with van der Waals surface area (Å²) in [6.07, 6.45) is 3.97. The summed E-state index contributed by atoms with van der Waals surface area (Å²) in [6, 6.07) is 12.1. The van der Waals surface area contributed by atoms with Crippen molar-refractivity contribution >= 4 is 11.9 Å². The summed E-state index contributed by atoms with van der Waals surface area (Å²) in [5.74, 6) is -1.01. The molecule has 1 atom stereocenters. The summed E-state index contributed by atoms with van der Waals surface area (Å²) in [4.78, 5) is 29.7. The van der Waals surface area contributed by atoms with Gasteiger partial charge in [0, 0.05) is 24.8 Å². The van der Waals surface area contributed by atoms with Crippen molar-refractivity contribution in [2.24, 2.45) is 0 Å². The van der Waals surface area contributed by atoms with Gasteiger partial charge in [0.1, 0.15) is 5.69 Å². The number of hydrogen-bond donors (Lipinski definition) is 1. The first-order valence-electron chi connectivity index (χ1n) is 8.57. The van der Waals surface area contributed by atoms with Crippen LogP contribution >= 0.6 is 0 Å². The van der Waals surface area contributed by atoms with Crippen LogP contribution in [0.5, 0.6) is 0 Å². The number of rotatable bonds is 4. The Kier molecular flexibility index (Phi) is 4.37. The van der Waals surface area contributed by atoms with Crippen molar-refractivity contribution in [1.82, 2.24) is 24.9 Å². The van der Waals surface area contributed by atoms with Gasteiger partial charge in [0.15, 0.2) is 0 Å². The third-order valence-corrected chi connectivity index (χ3v) is 4.63. The summed E-state index contributed by atoms with van der Waals surface area (Å²) in [6.45, 7) is 1.21. The molecule has 0 bridgehead atoms. The number of amides is 1. The van der Waals surface area contributed by atoms with Gasteiger partial charge in [-0.25, -0.2) is 9.48 Å². The first-order chi connectivity index (χ1) is 13.1. The van der Waals surface area contributed by atoms with Crippen molar-refractivity contribution in [2.45, 2.75) is 12.5 Å². The fraction of sp³-hybridized carbons (Fsp3) is 0.211. The topological polar surface area (TPSA) is 101 Å². The van der Waals surface area contributed by atoms with Crippen molar-refractivity contribution in [3.05, 3.63) is 66.0 Å². The molecule has 1 saturated heterocycles. The van der Waals surface area contributed by atoms with Crippen LogP contribution < -0.4 is 0 Å². The monoisotopic (exact) mass is 363 g/mol. The minimum absolute atomic E-state index is 0.00858. The molecule has 3 aromatic rings. The van der Waals surface area contributed by atoms with Gasteiger partial charge in [-0.05, 0) is 30.7 Å². The highest BCUT2D eigenvalue weighted by Gasteiger charge is 2.29. The molecule has 1 N–H and O–H groups in total. The Morgan fingerprint density at radius 2 is 1.89 bits per heavy atom. The van der Waals surface area contributed by atoms with E-state index in [4.69, 9.17) is 5.11 Å². The minimum atomic E-state index is -1.02. The predicted octanol–water partition coefficient (Wildman–Crippen LogP) is 2.13. The second-order valence-electron chi connectivity index (χ2n) is 6.38. The van der Waals surface area contributed by atoms with Gasteiger partial charge in [-0.1, -0.05) is 23.4 Å². The van der Waals surface area contributed by atoms with E-state index in [0.29, 0.717) is 30.0 Å². The van der Waals surface area contributed by atoms with Crippen LogP contribution in [0.2, 0.25) is 0 Å². The Balaban J connectivity index is 1.49. The molecule has 4 rings (SSSR count). The number of carboxylic acids is 1. The lowest BCUT2D eigenvalue weighted by Crippen LogP contribution is -2.29. The lowest BCUT2D eigenvalue weighted by Gasteiger charge is -2.16. The molecular weight excluding hydrogens is 346 g/mol. The standard InChI is InChI=1S/C19H17N5O3/c25-18(13-4-2-1-3-5-13)23-9-7-15(11-23)24-12-17(21-22-24)16-10-14(19(26)27)6-8-20-16/h1-6,8,10,12,15H,7,9,11H2,(H,26,27). The zero-order valence-electron chi connectivity index (χ0n) is 14.4. The van der Waals surface area contributed by atoms with E-state index in [1.54, 1.807) is 10.9 Å². The summed E-state index contributed by atoms with van der Waals surface area (Å²) in [5.41, 5.74) is 1.78. The summed E-state index contributed by atoms with van der Waals surface area (Å²) >= 11 is 0. The number of hydrogen-bond acceptors (Lipinski definition) is 5. The van der Waals surface area contributed by atoms with E-state index >= 15 is 0 Å². The van der Waals surface area contributed by atoms with Crippen LogP contribution in [-0.4, -0.2) is 55.0 Å². The molecule has 8 heteroatoms. The molecular formula is C19H17N5O3. The molecule has 27 heavy (non-hydrogen) atoms. The minimum Gasteiger partial charge on any atom is -0.478 e.